The van der Waals surface area contributed by atoms with Crippen molar-refractivity contribution in [3.8, 4) is 5.69 Å². The van der Waals surface area contributed by atoms with Gasteiger partial charge in [0.1, 0.15) is 0 Å². The summed E-state index contributed by atoms with van der Waals surface area (Å²) in [5.74, 6) is -0.410. The molecule has 0 bridgehead atoms. The lowest BCUT2D eigenvalue weighted by atomic mass is 10.1. The lowest BCUT2D eigenvalue weighted by Gasteiger charge is -2.25. The molecular formula is C21H27N5O3. The summed E-state index contributed by atoms with van der Waals surface area (Å²) in [6, 6.07) is 9.68. The van der Waals surface area contributed by atoms with E-state index in [0.717, 1.165) is 22.6 Å². The third-order valence-electron chi connectivity index (χ3n) is 4.87. The molecule has 2 amide bonds. The number of para-hydroxylation sites is 1. The summed E-state index contributed by atoms with van der Waals surface area (Å²) in [6.07, 6.45) is 0. The second-order valence-electron chi connectivity index (χ2n) is 7.05. The predicted molar refractivity (Wildman–Crippen MR) is 110 cm³/mol. The average molecular weight is 397 g/mol. The molecule has 1 aromatic carbocycles. The monoisotopic (exact) mass is 397 g/mol. The molecule has 2 aromatic rings. The number of carbonyl (C=O) groups is 2. The molecule has 0 atom stereocenters. The molecule has 0 unspecified atom stereocenters. The van der Waals surface area contributed by atoms with Crippen molar-refractivity contribution in [2.45, 2.75) is 27.3 Å². The van der Waals surface area contributed by atoms with Crippen LogP contribution in [-0.4, -0.2) is 53.4 Å². The van der Waals surface area contributed by atoms with Gasteiger partial charge >= 0.3 is 12.0 Å². The van der Waals surface area contributed by atoms with E-state index in [0.29, 0.717) is 24.4 Å². The number of benzene rings is 1. The Morgan fingerprint density at radius 1 is 1.24 bits per heavy atom. The summed E-state index contributed by atoms with van der Waals surface area (Å²) < 4.78 is 7.06. The molecule has 0 radical (unpaired) electrons. The van der Waals surface area contributed by atoms with Gasteiger partial charge in [-0.25, -0.2) is 14.3 Å². The van der Waals surface area contributed by atoms with E-state index >= 15 is 0 Å². The number of ether oxygens (including phenoxy) is 1. The van der Waals surface area contributed by atoms with E-state index < -0.39 is 5.97 Å². The fourth-order valence-electron chi connectivity index (χ4n) is 3.40. The highest BCUT2D eigenvalue weighted by atomic mass is 16.5. The van der Waals surface area contributed by atoms with E-state index in [1.165, 1.54) is 0 Å². The number of carbonyl (C=O) groups excluding carboxylic acids is 2. The largest absolute Gasteiger partial charge is 0.463 e. The van der Waals surface area contributed by atoms with Crippen LogP contribution in [0.2, 0.25) is 0 Å². The molecule has 2 N–H and O–H groups in total. The van der Waals surface area contributed by atoms with Gasteiger partial charge in [0.15, 0.2) is 0 Å². The second kappa shape index (κ2) is 8.91. The van der Waals surface area contributed by atoms with Crippen molar-refractivity contribution in [1.82, 2.24) is 25.3 Å². The van der Waals surface area contributed by atoms with Crippen LogP contribution in [0.25, 0.3) is 5.69 Å². The van der Waals surface area contributed by atoms with E-state index in [2.05, 4.69) is 15.7 Å². The molecule has 2 heterocycles. The van der Waals surface area contributed by atoms with Crippen LogP contribution in [0.5, 0.6) is 0 Å². The Morgan fingerprint density at radius 2 is 1.97 bits per heavy atom. The third kappa shape index (κ3) is 4.65. The highest BCUT2D eigenvalue weighted by Gasteiger charge is 2.25. The number of rotatable bonds is 7. The zero-order chi connectivity index (χ0) is 21.0. The van der Waals surface area contributed by atoms with Crippen LogP contribution in [0.3, 0.4) is 0 Å². The van der Waals surface area contributed by atoms with E-state index in [-0.39, 0.29) is 19.2 Å². The first-order valence-corrected chi connectivity index (χ1v) is 9.63. The summed E-state index contributed by atoms with van der Waals surface area (Å²) in [5.41, 5.74) is 5.17. The minimum absolute atomic E-state index is 0.165. The number of aryl methyl sites for hydroxylation is 1. The Balaban J connectivity index is 1.79. The van der Waals surface area contributed by atoms with Crippen molar-refractivity contribution in [1.29, 1.82) is 0 Å². The maximum atomic E-state index is 12.2. The van der Waals surface area contributed by atoms with Gasteiger partial charge in [0.25, 0.3) is 0 Å². The van der Waals surface area contributed by atoms with Gasteiger partial charge < -0.3 is 15.4 Å². The van der Waals surface area contributed by atoms with Crippen LogP contribution in [0.15, 0.2) is 41.6 Å². The Kier molecular flexibility index (Phi) is 6.33. The lowest BCUT2D eigenvalue weighted by Crippen LogP contribution is -2.46. The van der Waals surface area contributed by atoms with Gasteiger partial charge in [-0.1, -0.05) is 18.2 Å². The van der Waals surface area contributed by atoms with Gasteiger partial charge in [0, 0.05) is 30.0 Å². The van der Waals surface area contributed by atoms with Crippen LogP contribution >= 0.6 is 0 Å². The summed E-state index contributed by atoms with van der Waals surface area (Å²) in [6.45, 7) is 7.30. The van der Waals surface area contributed by atoms with Crippen molar-refractivity contribution in [3.05, 3.63) is 58.6 Å². The van der Waals surface area contributed by atoms with Gasteiger partial charge in [-0.05, 0) is 40.0 Å². The van der Waals surface area contributed by atoms with Crippen LogP contribution < -0.4 is 10.6 Å². The molecule has 0 fully saturated rings. The summed E-state index contributed by atoms with van der Waals surface area (Å²) >= 11 is 0. The number of hydrogen-bond donors (Lipinski definition) is 2. The van der Waals surface area contributed by atoms with Gasteiger partial charge in [0.05, 0.1) is 30.1 Å². The van der Waals surface area contributed by atoms with Gasteiger partial charge in [0.2, 0.25) is 0 Å². The molecule has 1 aliphatic heterocycles. The topological polar surface area (TPSA) is 88.5 Å². The summed E-state index contributed by atoms with van der Waals surface area (Å²) in [7, 11) is 1.95. The molecule has 1 aliphatic rings. The van der Waals surface area contributed by atoms with Crippen LogP contribution in [0.1, 0.15) is 23.9 Å². The Hall–Kier alpha value is -3.13. The highest BCUT2D eigenvalue weighted by Crippen LogP contribution is 2.20. The second-order valence-corrected chi connectivity index (χ2v) is 7.05. The molecule has 0 aliphatic carbocycles. The van der Waals surface area contributed by atoms with Crippen LogP contribution in [0.4, 0.5) is 4.79 Å². The molecule has 8 heteroatoms. The molecule has 3 rings (SSSR count). The predicted octanol–water partition coefficient (Wildman–Crippen LogP) is 2.05. The van der Waals surface area contributed by atoms with Crippen molar-refractivity contribution >= 4 is 12.0 Å². The van der Waals surface area contributed by atoms with Gasteiger partial charge in [-0.2, -0.15) is 5.10 Å². The molecule has 0 saturated carbocycles. The number of nitrogens with zero attached hydrogens (tertiary/aromatic N) is 3. The first-order chi connectivity index (χ1) is 13.9. The zero-order valence-corrected chi connectivity index (χ0v) is 17.3. The van der Waals surface area contributed by atoms with E-state index in [4.69, 9.17) is 4.74 Å². The van der Waals surface area contributed by atoms with Gasteiger partial charge in [-0.3, -0.25) is 4.90 Å². The normalized spacial score (nSPS) is 14.0. The molecule has 1 aromatic heterocycles. The molecular weight excluding hydrogens is 370 g/mol. The number of esters is 1. The maximum absolute atomic E-state index is 12.2. The van der Waals surface area contributed by atoms with E-state index in [9.17, 15) is 9.59 Å². The van der Waals surface area contributed by atoms with Gasteiger partial charge in [-0.15, -0.1) is 0 Å². The number of urea groups is 1. The van der Waals surface area contributed by atoms with E-state index in [1.807, 2.05) is 60.8 Å². The Labute approximate surface area is 170 Å². The smallest absolute Gasteiger partial charge is 0.337 e. The van der Waals surface area contributed by atoms with Crippen molar-refractivity contribution in [3.63, 3.8) is 0 Å². The van der Waals surface area contributed by atoms with Crippen LogP contribution in [0, 0.1) is 13.8 Å². The standard InChI is InChI=1S/C21H27N5O3/c1-5-29-20(27)17-11-22-21(28)23-19(17)13-25(4)12-18-14(2)24-26(15(18)3)16-9-7-6-8-10-16/h6-10H,5,11-13H2,1-4H3,(H2,22,23,28). The number of aromatic nitrogens is 2. The molecule has 0 spiro atoms. The fourth-order valence-corrected chi connectivity index (χ4v) is 3.40. The summed E-state index contributed by atoms with van der Waals surface area (Å²) in [5, 5.41) is 10.1. The Bertz CT molecular complexity index is 933. The SMILES string of the molecule is CCOC(=O)C1=C(CN(C)Cc2c(C)nn(-c3ccccc3)c2C)NC(=O)NC1. The van der Waals surface area contributed by atoms with Crippen molar-refractivity contribution in [2.24, 2.45) is 0 Å². The third-order valence-corrected chi connectivity index (χ3v) is 4.87. The summed E-state index contributed by atoms with van der Waals surface area (Å²) in [4.78, 5) is 26.0. The molecule has 154 valence electrons. The Morgan fingerprint density at radius 3 is 2.66 bits per heavy atom. The highest BCUT2D eigenvalue weighted by molar-refractivity contribution is 5.93. The van der Waals surface area contributed by atoms with Crippen molar-refractivity contribution in [2.75, 3.05) is 26.7 Å². The van der Waals surface area contributed by atoms with Crippen LogP contribution in [-0.2, 0) is 16.1 Å². The number of likely N-dealkylation sites (N-methyl/N-ethyl adjacent to an activating group) is 1. The minimum atomic E-state index is -0.410. The number of hydrogen-bond acceptors (Lipinski definition) is 5. The number of nitrogens with one attached hydrogen (secondary N) is 2. The maximum Gasteiger partial charge on any atom is 0.337 e. The molecule has 8 nitrogen and oxygen atoms in total. The molecule has 29 heavy (non-hydrogen) atoms. The first kappa shape index (κ1) is 20.6. The average Bonchev–Trinajstić information content (AvgIpc) is 2.97. The number of amides is 2. The van der Waals surface area contributed by atoms with E-state index in [1.54, 1.807) is 6.92 Å². The molecule has 0 saturated heterocycles. The quantitative estimate of drug-likeness (QED) is 0.698. The van der Waals surface area contributed by atoms with Crippen molar-refractivity contribution < 1.29 is 14.3 Å². The minimum Gasteiger partial charge on any atom is -0.463 e. The lowest BCUT2D eigenvalue weighted by molar-refractivity contribution is -0.138. The first-order valence-electron chi connectivity index (χ1n) is 9.63. The zero-order valence-electron chi connectivity index (χ0n) is 17.3. The fraction of sp³-hybridized carbons (Fsp3) is 0.381.